The van der Waals surface area contributed by atoms with Crippen molar-refractivity contribution in [2.75, 3.05) is 0 Å². The Labute approximate surface area is 95.9 Å². The Balaban J connectivity index is 3.29. The zero-order chi connectivity index (χ0) is 11.6. The molecule has 15 heavy (non-hydrogen) atoms. The van der Waals surface area contributed by atoms with Crippen LogP contribution in [0, 0.1) is 0 Å². The average Bonchev–Trinajstić information content (AvgIpc) is 2.15. The molecule has 5 heteroatoms. The molecule has 1 aromatic carbocycles. The van der Waals surface area contributed by atoms with Gasteiger partial charge in [0.05, 0.1) is 0 Å². The summed E-state index contributed by atoms with van der Waals surface area (Å²) >= 11 is 11.4. The summed E-state index contributed by atoms with van der Waals surface area (Å²) in [6.07, 6.45) is 0. The molecule has 0 amide bonds. The third kappa shape index (κ3) is 2.70. The highest BCUT2D eigenvalue weighted by Crippen LogP contribution is 2.29. The molecule has 0 aliphatic rings. The number of hydrogen-bond acceptors (Lipinski definition) is 1. The third-order valence-electron chi connectivity index (χ3n) is 1.85. The van der Waals surface area contributed by atoms with E-state index in [4.69, 9.17) is 28.3 Å². The standard InChI is InChI=1S/C10H7Cl2FO2/c1-5(9(13)10(14)15)7-3-2-6(11)4-8(7)12/h2-4H,1H3,(H,14,15)/b9-5-. The quantitative estimate of drug-likeness (QED) is 0.810. The number of rotatable bonds is 2. The number of benzene rings is 1. The van der Waals surface area contributed by atoms with Crippen molar-refractivity contribution >= 4 is 34.7 Å². The lowest BCUT2D eigenvalue weighted by Crippen LogP contribution is -1.98. The number of halogens is 3. The lowest BCUT2D eigenvalue weighted by Gasteiger charge is -2.05. The molecule has 1 N–H and O–H groups in total. The average molecular weight is 249 g/mol. The fourth-order valence-corrected chi connectivity index (χ4v) is 1.62. The van der Waals surface area contributed by atoms with Crippen molar-refractivity contribution in [3.8, 4) is 0 Å². The fraction of sp³-hybridized carbons (Fsp3) is 0.100. The monoisotopic (exact) mass is 248 g/mol. The Hall–Kier alpha value is -1.06. The maximum Gasteiger partial charge on any atom is 0.365 e. The molecule has 1 aromatic rings. The van der Waals surface area contributed by atoms with Crippen LogP contribution in [0.25, 0.3) is 5.57 Å². The van der Waals surface area contributed by atoms with Crippen molar-refractivity contribution in [2.24, 2.45) is 0 Å². The molecule has 0 fully saturated rings. The van der Waals surface area contributed by atoms with Crippen molar-refractivity contribution in [2.45, 2.75) is 6.92 Å². The first kappa shape index (κ1) is 12.0. The van der Waals surface area contributed by atoms with Crippen molar-refractivity contribution in [1.82, 2.24) is 0 Å². The van der Waals surface area contributed by atoms with Crippen LogP contribution in [0.2, 0.25) is 10.0 Å². The minimum absolute atomic E-state index is 0.0239. The summed E-state index contributed by atoms with van der Waals surface area (Å²) in [5, 5.41) is 9.09. The fourth-order valence-electron chi connectivity index (χ4n) is 1.07. The first-order valence-corrected chi connectivity index (χ1v) is 4.74. The summed E-state index contributed by atoms with van der Waals surface area (Å²) < 4.78 is 13.1. The second-order valence-corrected chi connectivity index (χ2v) is 3.71. The summed E-state index contributed by atoms with van der Waals surface area (Å²) in [7, 11) is 0. The topological polar surface area (TPSA) is 37.3 Å². The number of aliphatic carboxylic acids is 1. The molecule has 0 aliphatic carbocycles. The SMILES string of the molecule is C/C(=C(/F)C(=O)O)c1ccc(Cl)cc1Cl. The normalized spacial score (nSPS) is 12.3. The minimum Gasteiger partial charge on any atom is -0.476 e. The van der Waals surface area contributed by atoms with Crippen LogP contribution in [0.4, 0.5) is 4.39 Å². The maximum atomic E-state index is 13.1. The van der Waals surface area contributed by atoms with Gasteiger partial charge in [-0.15, -0.1) is 0 Å². The van der Waals surface area contributed by atoms with Gasteiger partial charge in [0.15, 0.2) is 0 Å². The van der Waals surface area contributed by atoms with E-state index in [2.05, 4.69) is 0 Å². The third-order valence-corrected chi connectivity index (χ3v) is 2.40. The highest BCUT2D eigenvalue weighted by atomic mass is 35.5. The largest absolute Gasteiger partial charge is 0.476 e. The Morgan fingerprint density at radius 1 is 1.40 bits per heavy atom. The molecule has 0 unspecified atom stereocenters. The predicted molar refractivity (Wildman–Crippen MR) is 57.8 cm³/mol. The Bertz CT molecular complexity index is 441. The lowest BCUT2D eigenvalue weighted by atomic mass is 10.1. The highest BCUT2D eigenvalue weighted by molar-refractivity contribution is 6.35. The Morgan fingerprint density at radius 2 is 2.00 bits per heavy atom. The van der Waals surface area contributed by atoms with E-state index in [9.17, 15) is 9.18 Å². The van der Waals surface area contributed by atoms with Crippen LogP contribution in [-0.2, 0) is 4.79 Å². The van der Waals surface area contributed by atoms with Crippen LogP contribution >= 0.6 is 23.2 Å². The van der Waals surface area contributed by atoms with Gasteiger partial charge in [-0.05, 0) is 24.6 Å². The Kier molecular flexibility index (Phi) is 3.72. The van der Waals surface area contributed by atoms with Gasteiger partial charge in [-0.2, -0.15) is 4.39 Å². The van der Waals surface area contributed by atoms with Gasteiger partial charge in [-0.3, -0.25) is 0 Å². The van der Waals surface area contributed by atoms with Gasteiger partial charge < -0.3 is 5.11 Å². The summed E-state index contributed by atoms with van der Waals surface area (Å²) in [5.41, 5.74) is 0.296. The molecule has 0 bridgehead atoms. The van der Waals surface area contributed by atoms with Crippen molar-refractivity contribution in [1.29, 1.82) is 0 Å². The van der Waals surface area contributed by atoms with Crippen LogP contribution in [0.3, 0.4) is 0 Å². The second kappa shape index (κ2) is 4.64. The molecular weight excluding hydrogens is 242 g/mol. The molecule has 0 heterocycles. The summed E-state index contributed by atoms with van der Waals surface area (Å²) in [5.74, 6) is -2.84. The van der Waals surface area contributed by atoms with Crippen molar-refractivity contribution in [3.63, 3.8) is 0 Å². The van der Waals surface area contributed by atoms with E-state index in [1.165, 1.54) is 25.1 Å². The maximum absolute atomic E-state index is 13.1. The van der Waals surface area contributed by atoms with Crippen LogP contribution in [0.15, 0.2) is 24.0 Å². The van der Waals surface area contributed by atoms with Gasteiger partial charge in [0.1, 0.15) is 0 Å². The van der Waals surface area contributed by atoms with Gasteiger partial charge in [-0.25, -0.2) is 4.79 Å². The van der Waals surface area contributed by atoms with E-state index in [1.807, 2.05) is 0 Å². The van der Waals surface area contributed by atoms with Crippen molar-refractivity contribution < 1.29 is 14.3 Å². The number of hydrogen-bond donors (Lipinski definition) is 1. The molecular formula is C10H7Cl2FO2. The van der Waals surface area contributed by atoms with E-state index >= 15 is 0 Å². The van der Waals surface area contributed by atoms with E-state index in [-0.39, 0.29) is 10.6 Å². The number of carbonyl (C=O) groups is 1. The molecule has 0 radical (unpaired) electrons. The van der Waals surface area contributed by atoms with Gasteiger partial charge in [0, 0.05) is 15.6 Å². The lowest BCUT2D eigenvalue weighted by molar-refractivity contribution is -0.134. The first-order chi connectivity index (χ1) is 6.93. The van der Waals surface area contributed by atoms with Crippen molar-refractivity contribution in [3.05, 3.63) is 39.6 Å². The number of carboxylic acids is 1. The summed E-state index contributed by atoms with van der Waals surface area (Å²) in [6, 6.07) is 4.42. The molecule has 2 nitrogen and oxygen atoms in total. The molecule has 0 aromatic heterocycles. The molecule has 0 saturated carbocycles. The number of carboxylic acid groups (broad SMARTS) is 1. The van der Waals surface area contributed by atoms with Gasteiger partial charge in [-0.1, -0.05) is 29.3 Å². The minimum atomic E-state index is -1.61. The zero-order valence-corrected chi connectivity index (χ0v) is 9.23. The second-order valence-electron chi connectivity index (χ2n) is 2.87. The first-order valence-electron chi connectivity index (χ1n) is 3.98. The molecule has 0 spiro atoms. The molecule has 1 rings (SSSR count). The Morgan fingerprint density at radius 3 is 2.47 bits per heavy atom. The van der Waals surface area contributed by atoms with E-state index < -0.39 is 11.8 Å². The highest BCUT2D eigenvalue weighted by Gasteiger charge is 2.14. The van der Waals surface area contributed by atoms with E-state index in [0.29, 0.717) is 10.6 Å². The van der Waals surface area contributed by atoms with Crippen LogP contribution in [0.5, 0.6) is 0 Å². The van der Waals surface area contributed by atoms with Crippen LogP contribution in [0.1, 0.15) is 12.5 Å². The van der Waals surface area contributed by atoms with Gasteiger partial charge in [0.25, 0.3) is 0 Å². The predicted octanol–water partition coefficient (Wildman–Crippen LogP) is 3.78. The van der Waals surface area contributed by atoms with Gasteiger partial charge in [0.2, 0.25) is 5.83 Å². The van der Waals surface area contributed by atoms with E-state index in [1.54, 1.807) is 0 Å². The number of allylic oxidation sites excluding steroid dienone is 1. The smallest absolute Gasteiger partial charge is 0.365 e. The molecule has 80 valence electrons. The van der Waals surface area contributed by atoms with Crippen LogP contribution < -0.4 is 0 Å². The molecule has 0 saturated heterocycles. The molecule has 0 aliphatic heterocycles. The van der Waals surface area contributed by atoms with Crippen LogP contribution in [-0.4, -0.2) is 11.1 Å². The molecule has 0 atom stereocenters. The van der Waals surface area contributed by atoms with Gasteiger partial charge >= 0.3 is 5.97 Å². The summed E-state index contributed by atoms with van der Waals surface area (Å²) in [6.45, 7) is 1.35. The zero-order valence-electron chi connectivity index (χ0n) is 7.72. The van der Waals surface area contributed by atoms with E-state index in [0.717, 1.165) is 0 Å². The summed E-state index contributed by atoms with van der Waals surface area (Å²) in [4.78, 5) is 10.4.